The van der Waals surface area contributed by atoms with E-state index in [1.165, 1.54) is 0 Å². The van der Waals surface area contributed by atoms with E-state index in [9.17, 15) is 14.4 Å². The molecule has 0 atom stereocenters. The molecule has 1 amide bonds. The number of likely N-dealkylation sites (tertiary alicyclic amines) is 1. The fourth-order valence-electron chi connectivity index (χ4n) is 3.58. The number of rotatable bonds is 13. The van der Waals surface area contributed by atoms with E-state index in [1.807, 2.05) is 30.3 Å². The van der Waals surface area contributed by atoms with Gasteiger partial charge in [0, 0.05) is 32.5 Å². The summed E-state index contributed by atoms with van der Waals surface area (Å²) < 4.78 is 15.7. The van der Waals surface area contributed by atoms with E-state index < -0.39 is 0 Å². The smallest absolute Gasteiger partial charge is 0.410 e. The van der Waals surface area contributed by atoms with Crippen LogP contribution in [0.3, 0.4) is 0 Å². The Morgan fingerprint density at radius 3 is 2.45 bits per heavy atom. The molecule has 1 aromatic rings. The molecule has 0 bridgehead atoms. The third-order valence-corrected chi connectivity index (χ3v) is 5.33. The normalized spacial score (nSPS) is 14.3. The summed E-state index contributed by atoms with van der Waals surface area (Å²) in [6.45, 7) is 4.39. The molecule has 1 heterocycles. The highest BCUT2D eigenvalue weighted by Crippen LogP contribution is 2.21. The predicted molar refractivity (Wildman–Crippen MR) is 116 cm³/mol. The number of benzene rings is 1. The summed E-state index contributed by atoms with van der Waals surface area (Å²) >= 11 is 0. The van der Waals surface area contributed by atoms with Gasteiger partial charge >= 0.3 is 12.1 Å². The SMILES string of the molecule is CCOC(=O)CCCCCOCC(=O)CC1CCN(C(=O)OCc2ccccc2)CC1. The number of unbranched alkanes of at least 4 members (excludes halogenated alkanes) is 2. The summed E-state index contributed by atoms with van der Waals surface area (Å²) in [5.74, 6) is 0.240. The van der Waals surface area contributed by atoms with Crippen LogP contribution in [0.1, 0.15) is 57.4 Å². The van der Waals surface area contributed by atoms with Crippen LogP contribution in [0.2, 0.25) is 0 Å². The lowest BCUT2D eigenvalue weighted by Crippen LogP contribution is -2.39. The molecule has 1 aliphatic rings. The van der Waals surface area contributed by atoms with Crippen molar-refractivity contribution < 1.29 is 28.6 Å². The molecular weight excluding hydrogens is 398 g/mol. The van der Waals surface area contributed by atoms with E-state index in [0.717, 1.165) is 37.7 Å². The van der Waals surface area contributed by atoms with Gasteiger partial charge in [0.15, 0.2) is 5.78 Å². The summed E-state index contributed by atoms with van der Waals surface area (Å²) in [4.78, 5) is 37.3. The first-order chi connectivity index (χ1) is 15.1. The number of Topliss-reactive ketones (excluding diaryl/α,β-unsaturated/α-hetero) is 1. The average Bonchev–Trinajstić information content (AvgIpc) is 2.78. The van der Waals surface area contributed by atoms with Gasteiger partial charge in [-0.25, -0.2) is 4.79 Å². The average molecular weight is 434 g/mol. The van der Waals surface area contributed by atoms with Crippen molar-refractivity contribution in [3.05, 3.63) is 35.9 Å². The van der Waals surface area contributed by atoms with Gasteiger partial charge in [-0.05, 0) is 44.1 Å². The van der Waals surface area contributed by atoms with Gasteiger partial charge in [-0.3, -0.25) is 9.59 Å². The van der Waals surface area contributed by atoms with E-state index >= 15 is 0 Å². The Balaban J connectivity index is 1.49. The summed E-state index contributed by atoms with van der Waals surface area (Å²) in [5.41, 5.74) is 0.968. The summed E-state index contributed by atoms with van der Waals surface area (Å²) in [7, 11) is 0. The van der Waals surface area contributed by atoms with Crippen LogP contribution in [-0.2, 0) is 30.4 Å². The molecule has 0 unspecified atom stereocenters. The molecule has 31 heavy (non-hydrogen) atoms. The molecule has 0 saturated carbocycles. The number of ketones is 1. The second-order valence-corrected chi connectivity index (χ2v) is 7.88. The molecule has 1 fully saturated rings. The van der Waals surface area contributed by atoms with Gasteiger partial charge in [0.2, 0.25) is 0 Å². The molecule has 172 valence electrons. The zero-order valence-corrected chi connectivity index (χ0v) is 18.6. The maximum absolute atomic E-state index is 12.2. The minimum absolute atomic E-state index is 0.108. The lowest BCUT2D eigenvalue weighted by molar-refractivity contribution is -0.143. The van der Waals surface area contributed by atoms with Crippen molar-refractivity contribution >= 4 is 17.8 Å². The first kappa shape index (κ1) is 24.9. The van der Waals surface area contributed by atoms with Crippen molar-refractivity contribution in [1.29, 1.82) is 0 Å². The van der Waals surface area contributed by atoms with Gasteiger partial charge in [-0.15, -0.1) is 0 Å². The fourth-order valence-corrected chi connectivity index (χ4v) is 3.58. The number of carbonyl (C=O) groups is 3. The Morgan fingerprint density at radius 1 is 1.00 bits per heavy atom. The molecule has 0 aliphatic carbocycles. The van der Waals surface area contributed by atoms with Crippen LogP contribution < -0.4 is 0 Å². The maximum atomic E-state index is 12.2. The summed E-state index contributed by atoms with van der Waals surface area (Å²) in [5, 5.41) is 0. The molecule has 2 rings (SSSR count). The molecule has 0 radical (unpaired) electrons. The standard InChI is InChI=1S/C24H35NO6/c1-2-30-23(27)11-7-4-8-16-29-19-22(26)17-20-12-14-25(15-13-20)24(28)31-18-21-9-5-3-6-10-21/h3,5-6,9-10,20H,2,4,7-8,11-19H2,1H3. The summed E-state index contributed by atoms with van der Waals surface area (Å²) in [6.07, 6.45) is 4.74. The minimum Gasteiger partial charge on any atom is -0.466 e. The topological polar surface area (TPSA) is 82.1 Å². The molecular formula is C24H35NO6. The van der Waals surface area contributed by atoms with Crippen molar-refractivity contribution in [3.63, 3.8) is 0 Å². The van der Waals surface area contributed by atoms with Gasteiger partial charge in [-0.1, -0.05) is 36.8 Å². The van der Waals surface area contributed by atoms with Gasteiger partial charge in [0.25, 0.3) is 0 Å². The van der Waals surface area contributed by atoms with E-state index in [1.54, 1.807) is 11.8 Å². The van der Waals surface area contributed by atoms with Crippen molar-refractivity contribution in [1.82, 2.24) is 4.90 Å². The third-order valence-electron chi connectivity index (χ3n) is 5.33. The third kappa shape index (κ3) is 10.4. The first-order valence-corrected chi connectivity index (χ1v) is 11.3. The molecule has 0 aromatic heterocycles. The first-order valence-electron chi connectivity index (χ1n) is 11.3. The van der Waals surface area contributed by atoms with Crippen LogP contribution in [-0.4, -0.2) is 55.7 Å². The monoisotopic (exact) mass is 433 g/mol. The van der Waals surface area contributed by atoms with Crippen LogP contribution in [0.5, 0.6) is 0 Å². The Hall–Kier alpha value is -2.41. The predicted octanol–water partition coefficient (Wildman–Crippen LogP) is 4.13. The Kier molecular flexibility index (Phi) is 11.7. The number of ether oxygens (including phenoxy) is 3. The van der Waals surface area contributed by atoms with E-state index in [2.05, 4.69) is 0 Å². The summed E-state index contributed by atoms with van der Waals surface area (Å²) in [6, 6.07) is 9.62. The largest absolute Gasteiger partial charge is 0.466 e. The molecule has 1 aromatic carbocycles. The molecule has 1 saturated heterocycles. The number of hydrogen-bond acceptors (Lipinski definition) is 6. The van der Waals surface area contributed by atoms with Crippen molar-refractivity contribution in [2.75, 3.05) is 32.9 Å². The number of amides is 1. The lowest BCUT2D eigenvalue weighted by atomic mass is 9.92. The molecule has 7 nitrogen and oxygen atoms in total. The number of nitrogens with zero attached hydrogens (tertiary/aromatic N) is 1. The highest BCUT2D eigenvalue weighted by atomic mass is 16.6. The highest BCUT2D eigenvalue weighted by molar-refractivity contribution is 5.80. The maximum Gasteiger partial charge on any atom is 0.410 e. The zero-order chi connectivity index (χ0) is 22.3. The van der Waals surface area contributed by atoms with Crippen LogP contribution >= 0.6 is 0 Å². The van der Waals surface area contributed by atoms with Gasteiger partial charge in [-0.2, -0.15) is 0 Å². The van der Waals surface area contributed by atoms with E-state index in [0.29, 0.717) is 45.1 Å². The van der Waals surface area contributed by atoms with Gasteiger partial charge in [0.1, 0.15) is 13.2 Å². The zero-order valence-electron chi connectivity index (χ0n) is 18.6. The quantitative estimate of drug-likeness (QED) is 0.344. The van der Waals surface area contributed by atoms with Crippen molar-refractivity contribution in [2.24, 2.45) is 5.92 Å². The second kappa shape index (κ2) is 14.6. The van der Waals surface area contributed by atoms with Gasteiger partial charge < -0.3 is 19.1 Å². The van der Waals surface area contributed by atoms with Crippen LogP contribution in [0.15, 0.2) is 30.3 Å². The Labute approximate surface area is 185 Å². The molecule has 1 aliphatic heterocycles. The van der Waals surface area contributed by atoms with E-state index in [-0.39, 0.29) is 31.1 Å². The molecule has 0 N–H and O–H groups in total. The van der Waals surface area contributed by atoms with Crippen LogP contribution in [0.4, 0.5) is 4.79 Å². The number of esters is 1. The molecule has 7 heteroatoms. The van der Waals surface area contributed by atoms with Crippen molar-refractivity contribution in [3.8, 4) is 0 Å². The number of hydrogen-bond donors (Lipinski definition) is 0. The Morgan fingerprint density at radius 2 is 1.74 bits per heavy atom. The minimum atomic E-state index is -0.292. The molecule has 0 spiro atoms. The van der Waals surface area contributed by atoms with Crippen LogP contribution in [0.25, 0.3) is 0 Å². The number of piperidine rings is 1. The van der Waals surface area contributed by atoms with Crippen LogP contribution in [0, 0.1) is 5.92 Å². The number of carbonyl (C=O) groups excluding carboxylic acids is 3. The second-order valence-electron chi connectivity index (χ2n) is 7.88. The highest BCUT2D eigenvalue weighted by Gasteiger charge is 2.25. The van der Waals surface area contributed by atoms with E-state index in [4.69, 9.17) is 14.2 Å². The van der Waals surface area contributed by atoms with Crippen molar-refractivity contribution in [2.45, 2.75) is 58.5 Å². The lowest BCUT2D eigenvalue weighted by Gasteiger charge is -2.31. The Bertz CT molecular complexity index is 670. The fraction of sp³-hybridized carbons (Fsp3) is 0.625. The van der Waals surface area contributed by atoms with Gasteiger partial charge in [0.05, 0.1) is 6.61 Å².